The maximum atomic E-state index is 13.1. The Kier molecular flexibility index (Phi) is 12.0. The highest BCUT2D eigenvalue weighted by Gasteiger charge is 2.44. The number of carbonyl (C=O) groups is 14. The molecule has 0 aliphatic carbocycles. The van der Waals surface area contributed by atoms with Crippen LogP contribution in [0.1, 0.15) is 124 Å². The molecule has 2 aromatic rings. The van der Waals surface area contributed by atoms with Gasteiger partial charge in [-0.05, 0) is 0 Å². The largest absolute Gasteiger partial charge is 0.478 e. The SMILES string of the molecule is O=C(O)C(=O)c1c(C(=O)O)c(C(=O)O)c(C(=O)O)c(C(=O)O)c1C(=O)OCCOC(=O)c1c(C(=O)O)c(C(=O)O)c(C(=O)O)c(C(=O)O)c1C(=O)C(=O)O. The smallest absolute Gasteiger partial charge is 0.377 e. The van der Waals surface area contributed by atoms with Gasteiger partial charge in [0.25, 0.3) is 11.6 Å². The lowest BCUT2D eigenvalue weighted by atomic mass is 9.84. The van der Waals surface area contributed by atoms with Crippen LogP contribution in [-0.2, 0) is 19.1 Å². The Morgan fingerprint density at radius 3 is 0.611 bits per heavy atom. The van der Waals surface area contributed by atoms with Gasteiger partial charge >= 0.3 is 71.6 Å². The summed E-state index contributed by atoms with van der Waals surface area (Å²) in [5, 5.41) is 95.1. The fourth-order valence-electron chi connectivity index (χ4n) is 4.70. The van der Waals surface area contributed by atoms with E-state index in [1.807, 2.05) is 0 Å². The van der Waals surface area contributed by atoms with Crippen molar-refractivity contribution in [3.8, 4) is 0 Å². The van der Waals surface area contributed by atoms with E-state index in [0.717, 1.165) is 0 Å². The second kappa shape index (κ2) is 15.5. The molecule has 282 valence electrons. The van der Waals surface area contributed by atoms with Crippen molar-refractivity contribution < 1.29 is 128 Å². The predicted octanol–water partition coefficient (Wildman–Crippen LogP) is -1.18. The fraction of sp³-hybridized carbons (Fsp3) is 0.0714. The molecule has 0 saturated heterocycles. The maximum Gasteiger partial charge on any atom is 0.377 e. The number of carboxylic acid groups (broad SMARTS) is 10. The summed E-state index contributed by atoms with van der Waals surface area (Å²) in [5.41, 5.74) is -24.1. The zero-order chi connectivity index (χ0) is 41.8. The number of carbonyl (C=O) groups excluding carboxylic acids is 4. The molecular weight excluding hydrogens is 752 g/mol. The van der Waals surface area contributed by atoms with Gasteiger partial charge in [0.05, 0.1) is 66.8 Å². The summed E-state index contributed by atoms with van der Waals surface area (Å²) < 4.78 is 9.02. The van der Waals surface area contributed by atoms with E-state index < -0.39 is 163 Å². The van der Waals surface area contributed by atoms with E-state index >= 15 is 0 Å². The number of benzene rings is 2. The molecule has 2 rings (SSSR count). The Labute approximate surface area is 291 Å². The summed E-state index contributed by atoms with van der Waals surface area (Å²) >= 11 is 0. The number of ether oxygens (including phenoxy) is 2. The number of carboxylic acids is 10. The molecule has 54 heavy (non-hydrogen) atoms. The number of Topliss-reactive ketones (excluding diaryl/α,β-unsaturated/α-hetero) is 2. The third-order valence-electron chi connectivity index (χ3n) is 6.51. The zero-order valence-corrected chi connectivity index (χ0v) is 25.4. The van der Waals surface area contributed by atoms with E-state index in [1.165, 1.54) is 0 Å². The van der Waals surface area contributed by atoms with E-state index in [-0.39, 0.29) is 0 Å². The van der Waals surface area contributed by atoms with Crippen LogP contribution in [0.3, 0.4) is 0 Å². The van der Waals surface area contributed by atoms with Gasteiger partial charge < -0.3 is 60.5 Å². The molecule has 0 atom stereocenters. The van der Waals surface area contributed by atoms with Crippen molar-refractivity contribution in [1.29, 1.82) is 0 Å². The van der Waals surface area contributed by atoms with Crippen molar-refractivity contribution in [3.05, 3.63) is 66.8 Å². The summed E-state index contributed by atoms with van der Waals surface area (Å²) in [6.07, 6.45) is 0. The van der Waals surface area contributed by atoms with E-state index in [4.69, 9.17) is 0 Å². The van der Waals surface area contributed by atoms with E-state index in [1.54, 1.807) is 0 Å². The average molecular weight is 766 g/mol. The molecule has 0 heterocycles. The molecule has 10 N–H and O–H groups in total. The molecule has 0 aromatic heterocycles. The van der Waals surface area contributed by atoms with Gasteiger partial charge in [0.1, 0.15) is 13.2 Å². The number of rotatable bonds is 17. The topological polar surface area (TPSA) is 460 Å². The molecular formula is C28H14O26. The van der Waals surface area contributed by atoms with Gasteiger partial charge in [-0.25, -0.2) is 57.5 Å². The minimum Gasteiger partial charge on any atom is -0.478 e. The molecule has 0 unspecified atom stereocenters. The Morgan fingerprint density at radius 1 is 0.278 bits per heavy atom. The summed E-state index contributed by atoms with van der Waals surface area (Å²) in [6, 6.07) is 0. The first-order valence-corrected chi connectivity index (χ1v) is 13.1. The molecule has 0 saturated carbocycles. The fourth-order valence-corrected chi connectivity index (χ4v) is 4.70. The van der Waals surface area contributed by atoms with Crippen molar-refractivity contribution in [3.63, 3.8) is 0 Å². The van der Waals surface area contributed by atoms with E-state index in [9.17, 15) is 118 Å². The third kappa shape index (κ3) is 7.45. The Hall–Kier alpha value is -8.58. The van der Waals surface area contributed by atoms with Crippen molar-refractivity contribution >= 4 is 83.2 Å². The first-order chi connectivity index (χ1) is 24.8. The first kappa shape index (κ1) is 41.6. The van der Waals surface area contributed by atoms with Gasteiger partial charge in [0.2, 0.25) is 0 Å². The minimum atomic E-state index is -2.66. The molecule has 26 nitrogen and oxygen atoms in total. The van der Waals surface area contributed by atoms with Crippen LogP contribution in [0.2, 0.25) is 0 Å². The molecule has 0 aliphatic rings. The lowest BCUT2D eigenvalue weighted by molar-refractivity contribution is -0.132. The summed E-state index contributed by atoms with van der Waals surface area (Å²) in [7, 11) is 0. The molecule has 0 bridgehead atoms. The van der Waals surface area contributed by atoms with Crippen molar-refractivity contribution in [2.75, 3.05) is 13.2 Å². The first-order valence-electron chi connectivity index (χ1n) is 13.1. The highest BCUT2D eigenvalue weighted by atomic mass is 16.6. The number of aliphatic carboxylic acids is 2. The van der Waals surface area contributed by atoms with Gasteiger partial charge in [-0.2, -0.15) is 0 Å². The average Bonchev–Trinajstić information content (AvgIpc) is 3.05. The van der Waals surface area contributed by atoms with E-state index in [0.29, 0.717) is 0 Å². The molecule has 0 amide bonds. The van der Waals surface area contributed by atoms with Crippen LogP contribution < -0.4 is 0 Å². The number of ketones is 2. The standard InChI is InChI=1S/C28H14O26/c29-15(25(47)48)3-5(17(31)32)7(19(35)36)9(21(39)40)11(23(43)44)13(3)27(51)53-1-2-54-28(52)14-4(16(30)26(49)50)6(18(33)34)8(20(37)38)10(22(41)42)12(14)24(45)46/h1-2H2,(H,31,32)(H,33,34)(H,35,36)(H,37,38)(H,39,40)(H,41,42)(H,43,44)(H,45,46)(H,47,48)(H,49,50). The van der Waals surface area contributed by atoms with Gasteiger partial charge in [0.15, 0.2) is 0 Å². The number of esters is 2. The molecule has 2 aromatic carbocycles. The molecule has 0 radical (unpaired) electrons. The van der Waals surface area contributed by atoms with Gasteiger partial charge in [-0.3, -0.25) is 9.59 Å². The molecule has 0 fully saturated rings. The summed E-state index contributed by atoms with van der Waals surface area (Å²) in [5.74, 6) is -35.6. The lowest BCUT2D eigenvalue weighted by Crippen LogP contribution is -2.31. The van der Waals surface area contributed by atoms with Gasteiger partial charge in [0, 0.05) is 0 Å². The maximum absolute atomic E-state index is 13.1. The quantitative estimate of drug-likeness (QED) is 0.0392. The third-order valence-corrected chi connectivity index (χ3v) is 6.51. The Balaban J connectivity index is 2.86. The van der Waals surface area contributed by atoms with Crippen molar-refractivity contribution in [2.45, 2.75) is 0 Å². The number of hydrogen-bond acceptors (Lipinski definition) is 16. The van der Waals surface area contributed by atoms with Crippen LogP contribution in [0.4, 0.5) is 0 Å². The van der Waals surface area contributed by atoms with E-state index in [2.05, 4.69) is 9.47 Å². The van der Waals surface area contributed by atoms with Crippen LogP contribution in [0.5, 0.6) is 0 Å². The lowest BCUT2D eigenvalue weighted by Gasteiger charge is -2.19. The second-order valence-corrected chi connectivity index (χ2v) is 9.48. The second-order valence-electron chi connectivity index (χ2n) is 9.48. The van der Waals surface area contributed by atoms with Gasteiger partial charge in [-0.1, -0.05) is 0 Å². The molecule has 0 spiro atoms. The Bertz CT molecular complexity index is 2060. The van der Waals surface area contributed by atoms with Crippen LogP contribution >= 0.6 is 0 Å². The zero-order valence-electron chi connectivity index (χ0n) is 25.4. The Morgan fingerprint density at radius 2 is 0.444 bits per heavy atom. The predicted molar refractivity (Wildman–Crippen MR) is 153 cm³/mol. The molecule has 26 heteroatoms. The monoisotopic (exact) mass is 766 g/mol. The van der Waals surface area contributed by atoms with Crippen molar-refractivity contribution in [2.24, 2.45) is 0 Å². The number of hydrogen-bond donors (Lipinski definition) is 10. The van der Waals surface area contributed by atoms with Crippen molar-refractivity contribution in [1.82, 2.24) is 0 Å². The van der Waals surface area contributed by atoms with Crippen LogP contribution in [0, 0.1) is 0 Å². The van der Waals surface area contributed by atoms with Gasteiger partial charge in [-0.15, -0.1) is 0 Å². The summed E-state index contributed by atoms with van der Waals surface area (Å²) in [4.78, 5) is 170. The molecule has 0 aliphatic heterocycles. The summed E-state index contributed by atoms with van der Waals surface area (Å²) in [6.45, 7) is -3.07. The number of aromatic carboxylic acids is 8. The highest BCUT2D eigenvalue weighted by molar-refractivity contribution is 6.44. The normalized spacial score (nSPS) is 10.3. The minimum absolute atomic E-state index is 1.54. The highest BCUT2D eigenvalue weighted by Crippen LogP contribution is 2.33. The van der Waals surface area contributed by atoms with Crippen LogP contribution in [-0.4, -0.2) is 147 Å². The van der Waals surface area contributed by atoms with Crippen LogP contribution in [0.25, 0.3) is 0 Å². The van der Waals surface area contributed by atoms with Crippen LogP contribution in [0.15, 0.2) is 0 Å².